The molecule has 0 atom stereocenters. The summed E-state index contributed by atoms with van der Waals surface area (Å²) in [4.78, 5) is 11.9. The van der Waals surface area contributed by atoms with Crippen LogP contribution in [0.1, 0.15) is 23.9 Å². The summed E-state index contributed by atoms with van der Waals surface area (Å²) >= 11 is 1.50. The number of hydrogen-bond donors (Lipinski definition) is 1. The summed E-state index contributed by atoms with van der Waals surface area (Å²) in [6.45, 7) is 5.26. The standard InChI is InChI=1S/C25H24N4O3S2/c1-17-7-11-23(12-8-17)34(31,32)24-13-9-20(10-14-24)16-33-25-28-27-18(2)29(25)22-6-4-5-21(15-22)26-19(3)30/h4-15H,16H2,1-3H3,(H,26,30). The molecule has 0 unspecified atom stereocenters. The van der Waals surface area contributed by atoms with Gasteiger partial charge < -0.3 is 5.32 Å². The summed E-state index contributed by atoms with van der Waals surface area (Å²) in [5.74, 6) is 1.18. The van der Waals surface area contributed by atoms with Gasteiger partial charge in [0.1, 0.15) is 5.82 Å². The number of anilines is 1. The van der Waals surface area contributed by atoms with E-state index in [0.29, 0.717) is 16.6 Å². The Morgan fingerprint density at radius 3 is 2.24 bits per heavy atom. The van der Waals surface area contributed by atoms with Crippen molar-refractivity contribution in [1.82, 2.24) is 14.8 Å². The van der Waals surface area contributed by atoms with Crippen molar-refractivity contribution in [2.24, 2.45) is 0 Å². The van der Waals surface area contributed by atoms with Crippen molar-refractivity contribution in [3.63, 3.8) is 0 Å². The predicted octanol–water partition coefficient (Wildman–Crippen LogP) is 4.97. The van der Waals surface area contributed by atoms with Gasteiger partial charge in [-0.15, -0.1) is 10.2 Å². The molecule has 0 aliphatic carbocycles. The fraction of sp³-hybridized carbons (Fsp3) is 0.160. The third kappa shape index (κ3) is 5.21. The first-order valence-electron chi connectivity index (χ1n) is 10.6. The van der Waals surface area contributed by atoms with Gasteiger partial charge in [-0.3, -0.25) is 9.36 Å². The molecule has 4 rings (SSSR count). The highest BCUT2D eigenvalue weighted by Crippen LogP contribution is 2.28. The molecule has 1 amide bonds. The van der Waals surface area contributed by atoms with E-state index in [4.69, 9.17) is 0 Å². The SMILES string of the molecule is CC(=O)Nc1cccc(-n2c(C)nnc2SCc2ccc(S(=O)(=O)c3ccc(C)cc3)cc2)c1. The Labute approximate surface area is 203 Å². The first-order valence-corrected chi connectivity index (χ1v) is 13.0. The Morgan fingerprint density at radius 2 is 1.59 bits per heavy atom. The zero-order valence-electron chi connectivity index (χ0n) is 19.0. The fourth-order valence-corrected chi connectivity index (χ4v) is 5.64. The summed E-state index contributed by atoms with van der Waals surface area (Å²) in [6.07, 6.45) is 0. The van der Waals surface area contributed by atoms with Gasteiger partial charge in [0.25, 0.3) is 0 Å². The highest BCUT2D eigenvalue weighted by atomic mass is 32.2. The molecule has 1 heterocycles. The lowest BCUT2D eigenvalue weighted by Crippen LogP contribution is -2.07. The second-order valence-corrected chi connectivity index (χ2v) is 10.7. The zero-order chi connectivity index (χ0) is 24.3. The lowest BCUT2D eigenvalue weighted by Gasteiger charge is -2.11. The van der Waals surface area contributed by atoms with Crippen LogP contribution in [0.2, 0.25) is 0 Å². The van der Waals surface area contributed by atoms with Crippen molar-refractivity contribution >= 4 is 33.2 Å². The van der Waals surface area contributed by atoms with E-state index < -0.39 is 9.84 Å². The van der Waals surface area contributed by atoms with Crippen LogP contribution >= 0.6 is 11.8 Å². The molecular weight excluding hydrogens is 468 g/mol. The molecule has 7 nitrogen and oxygen atoms in total. The van der Waals surface area contributed by atoms with E-state index in [2.05, 4.69) is 15.5 Å². The van der Waals surface area contributed by atoms with Crippen molar-refractivity contribution in [3.8, 4) is 5.69 Å². The minimum absolute atomic E-state index is 0.139. The van der Waals surface area contributed by atoms with E-state index in [1.165, 1.54) is 18.7 Å². The van der Waals surface area contributed by atoms with Crippen LogP contribution in [0.15, 0.2) is 87.7 Å². The quantitative estimate of drug-likeness (QED) is 0.366. The maximum atomic E-state index is 12.9. The van der Waals surface area contributed by atoms with Crippen molar-refractivity contribution in [2.45, 2.75) is 41.5 Å². The van der Waals surface area contributed by atoms with Gasteiger partial charge in [-0.1, -0.05) is 47.7 Å². The predicted molar refractivity (Wildman–Crippen MR) is 133 cm³/mol. The molecule has 4 aromatic rings. The largest absolute Gasteiger partial charge is 0.326 e. The molecule has 34 heavy (non-hydrogen) atoms. The highest BCUT2D eigenvalue weighted by molar-refractivity contribution is 7.98. The number of aryl methyl sites for hydroxylation is 2. The Balaban J connectivity index is 1.51. The molecule has 3 aromatic carbocycles. The number of thioether (sulfide) groups is 1. The van der Waals surface area contributed by atoms with Crippen LogP contribution in [0.5, 0.6) is 0 Å². The fourth-order valence-electron chi connectivity index (χ4n) is 3.43. The van der Waals surface area contributed by atoms with Crippen LogP contribution < -0.4 is 5.32 Å². The lowest BCUT2D eigenvalue weighted by atomic mass is 10.2. The number of carbonyl (C=O) groups excluding carboxylic acids is 1. The van der Waals surface area contributed by atoms with Crippen LogP contribution in [-0.2, 0) is 20.4 Å². The molecule has 1 N–H and O–H groups in total. The van der Waals surface area contributed by atoms with Gasteiger partial charge in [-0.05, 0) is 61.9 Å². The van der Waals surface area contributed by atoms with Crippen molar-refractivity contribution in [1.29, 1.82) is 0 Å². The number of nitrogens with one attached hydrogen (secondary N) is 1. The zero-order valence-corrected chi connectivity index (χ0v) is 20.7. The maximum Gasteiger partial charge on any atom is 0.221 e. The Morgan fingerprint density at radius 1 is 0.941 bits per heavy atom. The smallest absolute Gasteiger partial charge is 0.221 e. The second kappa shape index (κ2) is 9.82. The molecule has 0 fully saturated rings. The second-order valence-electron chi connectivity index (χ2n) is 7.85. The van der Waals surface area contributed by atoms with Crippen LogP contribution in [-0.4, -0.2) is 29.1 Å². The number of rotatable bonds is 7. The molecule has 0 aliphatic heterocycles. The Hall–Kier alpha value is -3.43. The van der Waals surface area contributed by atoms with Gasteiger partial charge in [-0.2, -0.15) is 0 Å². The van der Waals surface area contributed by atoms with Gasteiger partial charge in [-0.25, -0.2) is 8.42 Å². The van der Waals surface area contributed by atoms with Gasteiger partial charge >= 0.3 is 0 Å². The molecule has 9 heteroatoms. The van der Waals surface area contributed by atoms with Crippen LogP contribution in [0.3, 0.4) is 0 Å². The minimum atomic E-state index is -3.56. The average molecular weight is 493 g/mol. The third-order valence-electron chi connectivity index (χ3n) is 5.15. The number of carbonyl (C=O) groups is 1. The normalized spacial score (nSPS) is 11.4. The molecular formula is C25H24N4O3S2. The number of nitrogens with zero attached hydrogens (tertiary/aromatic N) is 3. The van der Waals surface area contributed by atoms with Crippen LogP contribution in [0, 0.1) is 13.8 Å². The average Bonchev–Trinajstić information content (AvgIpc) is 3.18. The Kier molecular flexibility index (Phi) is 6.85. The van der Waals surface area contributed by atoms with Crippen molar-refractivity contribution in [3.05, 3.63) is 89.7 Å². The number of amides is 1. The number of hydrogen-bond acceptors (Lipinski definition) is 6. The van der Waals surface area contributed by atoms with Crippen molar-refractivity contribution in [2.75, 3.05) is 5.32 Å². The topological polar surface area (TPSA) is 93.9 Å². The van der Waals surface area contributed by atoms with Gasteiger partial charge in [0.05, 0.1) is 15.5 Å². The maximum absolute atomic E-state index is 12.9. The summed E-state index contributed by atoms with van der Waals surface area (Å²) in [5, 5.41) is 12.0. The molecule has 174 valence electrons. The van der Waals surface area contributed by atoms with E-state index in [0.717, 1.165) is 22.6 Å². The van der Waals surface area contributed by atoms with E-state index in [9.17, 15) is 13.2 Å². The van der Waals surface area contributed by atoms with Crippen molar-refractivity contribution < 1.29 is 13.2 Å². The first kappa shape index (κ1) is 23.7. The number of sulfone groups is 1. The van der Waals surface area contributed by atoms with E-state index in [1.54, 1.807) is 36.4 Å². The lowest BCUT2D eigenvalue weighted by molar-refractivity contribution is -0.114. The minimum Gasteiger partial charge on any atom is -0.326 e. The van der Waals surface area contributed by atoms with E-state index in [-0.39, 0.29) is 15.7 Å². The van der Waals surface area contributed by atoms with Gasteiger partial charge in [0, 0.05) is 18.4 Å². The monoisotopic (exact) mass is 492 g/mol. The first-order chi connectivity index (χ1) is 16.2. The molecule has 0 radical (unpaired) electrons. The summed E-state index contributed by atoms with van der Waals surface area (Å²) in [7, 11) is -3.56. The molecule has 0 spiro atoms. The molecule has 0 bridgehead atoms. The highest BCUT2D eigenvalue weighted by Gasteiger charge is 2.18. The summed E-state index contributed by atoms with van der Waals surface area (Å²) in [5.41, 5.74) is 3.51. The van der Waals surface area contributed by atoms with Gasteiger partial charge in [0.2, 0.25) is 15.7 Å². The van der Waals surface area contributed by atoms with Crippen LogP contribution in [0.4, 0.5) is 5.69 Å². The number of aromatic nitrogens is 3. The summed E-state index contributed by atoms with van der Waals surface area (Å²) < 4.78 is 27.7. The van der Waals surface area contributed by atoms with Crippen LogP contribution in [0.25, 0.3) is 5.69 Å². The van der Waals surface area contributed by atoms with E-state index >= 15 is 0 Å². The molecule has 0 saturated carbocycles. The molecule has 1 aromatic heterocycles. The third-order valence-corrected chi connectivity index (χ3v) is 7.94. The molecule has 0 saturated heterocycles. The number of benzene rings is 3. The Bertz CT molecular complexity index is 1430. The van der Waals surface area contributed by atoms with E-state index in [1.807, 2.05) is 54.8 Å². The molecule has 0 aliphatic rings. The summed E-state index contributed by atoms with van der Waals surface area (Å²) in [6, 6.07) is 21.2. The van der Waals surface area contributed by atoms with Gasteiger partial charge in [0.15, 0.2) is 5.16 Å².